The van der Waals surface area contributed by atoms with Crippen LogP contribution < -0.4 is 5.73 Å². The molecular weight excluding hydrogens is 255 g/mol. The van der Waals surface area contributed by atoms with Crippen molar-refractivity contribution in [2.45, 2.75) is 26.1 Å². The van der Waals surface area contributed by atoms with Gasteiger partial charge in [-0.25, -0.2) is 9.37 Å². The summed E-state index contributed by atoms with van der Waals surface area (Å²) in [5, 5.41) is 0. The first-order valence-corrected chi connectivity index (χ1v) is 6.77. The molecular formula is C15H21FN4. The second-order valence-electron chi connectivity index (χ2n) is 5.00. The predicted molar refractivity (Wildman–Crippen MR) is 77.6 cm³/mol. The Hall–Kier alpha value is -1.72. The molecule has 1 aromatic carbocycles. The Morgan fingerprint density at radius 2 is 2.15 bits per heavy atom. The first-order chi connectivity index (χ1) is 9.61. The van der Waals surface area contributed by atoms with Crippen LogP contribution in [0, 0.1) is 5.82 Å². The normalized spacial score (nSPS) is 12.8. The Balaban J connectivity index is 2.03. The molecule has 0 aliphatic carbocycles. The van der Waals surface area contributed by atoms with Gasteiger partial charge in [-0.3, -0.25) is 4.90 Å². The highest BCUT2D eigenvalue weighted by molar-refractivity contribution is 5.20. The highest BCUT2D eigenvalue weighted by Crippen LogP contribution is 2.22. The second-order valence-corrected chi connectivity index (χ2v) is 5.00. The minimum atomic E-state index is -0.166. The quantitative estimate of drug-likeness (QED) is 0.879. The third kappa shape index (κ3) is 3.43. The smallest absolute Gasteiger partial charge is 0.127 e. The Bertz CT molecular complexity index is 552. The predicted octanol–water partition coefficient (Wildman–Crippen LogP) is 2.17. The highest BCUT2D eigenvalue weighted by Gasteiger charge is 2.16. The third-order valence-corrected chi connectivity index (χ3v) is 3.50. The van der Waals surface area contributed by atoms with Crippen molar-refractivity contribution in [2.75, 3.05) is 13.6 Å². The maximum Gasteiger partial charge on any atom is 0.127 e. The molecule has 0 amide bonds. The minimum absolute atomic E-state index is 0.00383. The van der Waals surface area contributed by atoms with E-state index in [0.717, 1.165) is 12.2 Å². The summed E-state index contributed by atoms with van der Waals surface area (Å²) in [6, 6.07) is 6.88. The topological polar surface area (TPSA) is 47.1 Å². The lowest BCUT2D eigenvalue weighted by Crippen LogP contribution is -2.23. The van der Waals surface area contributed by atoms with Crippen molar-refractivity contribution in [1.29, 1.82) is 0 Å². The fourth-order valence-electron chi connectivity index (χ4n) is 2.20. The molecule has 108 valence electrons. The lowest BCUT2D eigenvalue weighted by Gasteiger charge is -2.24. The summed E-state index contributed by atoms with van der Waals surface area (Å²) in [6.07, 6.45) is 3.77. The molecule has 5 heteroatoms. The molecule has 2 N–H and O–H groups in total. The van der Waals surface area contributed by atoms with Gasteiger partial charge in [-0.15, -0.1) is 0 Å². The van der Waals surface area contributed by atoms with Crippen LogP contribution in [0.2, 0.25) is 0 Å². The van der Waals surface area contributed by atoms with Crippen molar-refractivity contribution < 1.29 is 4.39 Å². The van der Waals surface area contributed by atoms with E-state index in [1.54, 1.807) is 12.4 Å². The molecule has 0 aliphatic rings. The van der Waals surface area contributed by atoms with Gasteiger partial charge in [-0.2, -0.15) is 0 Å². The van der Waals surface area contributed by atoms with Crippen LogP contribution in [-0.2, 0) is 13.1 Å². The van der Waals surface area contributed by atoms with Crippen LogP contribution in [0.15, 0.2) is 36.8 Å². The summed E-state index contributed by atoms with van der Waals surface area (Å²) in [6.45, 7) is 4.03. The van der Waals surface area contributed by atoms with Crippen LogP contribution in [0.4, 0.5) is 4.39 Å². The molecule has 1 atom stereocenters. The van der Waals surface area contributed by atoms with Gasteiger partial charge in [0.25, 0.3) is 0 Å². The molecule has 0 radical (unpaired) electrons. The van der Waals surface area contributed by atoms with Gasteiger partial charge < -0.3 is 10.3 Å². The average molecular weight is 276 g/mol. The molecule has 0 fully saturated rings. The first kappa shape index (κ1) is 14.7. The number of hydrogen-bond acceptors (Lipinski definition) is 3. The Morgan fingerprint density at radius 3 is 2.85 bits per heavy atom. The monoisotopic (exact) mass is 276 g/mol. The van der Waals surface area contributed by atoms with Gasteiger partial charge in [-0.1, -0.05) is 18.2 Å². The first-order valence-electron chi connectivity index (χ1n) is 6.77. The van der Waals surface area contributed by atoms with Crippen molar-refractivity contribution in [3.8, 4) is 0 Å². The number of imidazole rings is 1. The Labute approximate surface area is 119 Å². The van der Waals surface area contributed by atoms with Crippen LogP contribution in [-0.4, -0.2) is 28.0 Å². The lowest BCUT2D eigenvalue weighted by molar-refractivity contribution is 0.245. The summed E-state index contributed by atoms with van der Waals surface area (Å²) < 4.78 is 15.8. The molecule has 0 saturated heterocycles. The fourth-order valence-corrected chi connectivity index (χ4v) is 2.20. The molecule has 0 spiro atoms. The van der Waals surface area contributed by atoms with Gasteiger partial charge in [0, 0.05) is 37.4 Å². The maximum absolute atomic E-state index is 13.8. The Kier molecular flexibility index (Phi) is 4.87. The van der Waals surface area contributed by atoms with E-state index in [1.165, 1.54) is 6.07 Å². The summed E-state index contributed by atoms with van der Waals surface area (Å²) in [7, 11) is 1.97. The largest absolute Gasteiger partial charge is 0.336 e. The van der Waals surface area contributed by atoms with Crippen LogP contribution in [0.25, 0.3) is 0 Å². The van der Waals surface area contributed by atoms with Crippen LogP contribution in [0.1, 0.15) is 24.2 Å². The van der Waals surface area contributed by atoms with Crippen molar-refractivity contribution in [3.05, 3.63) is 53.9 Å². The molecule has 4 nitrogen and oxygen atoms in total. The fraction of sp³-hybridized carbons (Fsp3) is 0.400. The van der Waals surface area contributed by atoms with Gasteiger partial charge in [0.05, 0.1) is 12.0 Å². The second kappa shape index (κ2) is 6.63. The SMILES string of the molecule is CC(c1ccccc1F)N(C)Cc1cn(CCN)cn1. The summed E-state index contributed by atoms with van der Waals surface area (Å²) >= 11 is 0. The van der Waals surface area contributed by atoms with Crippen molar-refractivity contribution >= 4 is 0 Å². The van der Waals surface area contributed by atoms with E-state index in [4.69, 9.17) is 5.73 Å². The number of halogens is 1. The zero-order valence-electron chi connectivity index (χ0n) is 12.0. The van der Waals surface area contributed by atoms with Gasteiger partial charge in [0.2, 0.25) is 0 Å². The van der Waals surface area contributed by atoms with Crippen molar-refractivity contribution in [1.82, 2.24) is 14.5 Å². The third-order valence-electron chi connectivity index (χ3n) is 3.50. The summed E-state index contributed by atoms with van der Waals surface area (Å²) in [5.41, 5.74) is 7.18. The summed E-state index contributed by atoms with van der Waals surface area (Å²) in [4.78, 5) is 6.42. The van der Waals surface area contributed by atoms with E-state index in [0.29, 0.717) is 18.7 Å². The van der Waals surface area contributed by atoms with Crippen LogP contribution in [0.5, 0.6) is 0 Å². The van der Waals surface area contributed by atoms with E-state index in [2.05, 4.69) is 9.88 Å². The molecule has 20 heavy (non-hydrogen) atoms. The van der Waals surface area contributed by atoms with Crippen molar-refractivity contribution in [3.63, 3.8) is 0 Å². The molecule has 1 unspecified atom stereocenters. The van der Waals surface area contributed by atoms with Crippen LogP contribution >= 0.6 is 0 Å². The van der Waals surface area contributed by atoms with Gasteiger partial charge in [0.1, 0.15) is 5.82 Å². The molecule has 1 aromatic heterocycles. The lowest BCUT2D eigenvalue weighted by atomic mass is 10.1. The number of aromatic nitrogens is 2. The average Bonchev–Trinajstić information content (AvgIpc) is 2.86. The number of nitrogens with zero attached hydrogens (tertiary/aromatic N) is 3. The zero-order valence-corrected chi connectivity index (χ0v) is 12.0. The Morgan fingerprint density at radius 1 is 1.40 bits per heavy atom. The molecule has 2 aromatic rings. The maximum atomic E-state index is 13.8. The summed E-state index contributed by atoms with van der Waals surface area (Å²) in [5.74, 6) is -0.166. The minimum Gasteiger partial charge on any atom is -0.336 e. The van der Waals surface area contributed by atoms with Gasteiger partial charge in [0.15, 0.2) is 0 Å². The van der Waals surface area contributed by atoms with Crippen LogP contribution in [0.3, 0.4) is 0 Å². The van der Waals surface area contributed by atoms with E-state index in [-0.39, 0.29) is 11.9 Å². The van der Waals surface area contributed by atoms with E-state index in [9.17, 15) is 4.39 Å². The number of nitrogens with two attached hydrogens (primary N) is 1. The molecule has 2 rings (SSSR count). The zero-order chi connectivity index (χ0) is 14.5. The number of hydrogen-bond donors (Lipinski definition) is 1. The van der Waals surface area contributed by atoms with Crippen molar-refractivity contribution in [2.24, 2.45) is 5.73 Å². The van der Waals surface area contributed by atoms with Gasteiger partial charge >= 0.3 is 0 Å². The number of benzene rings is 1. The molecule has 1 heterocycles. The number of rotatable bonds is 6. The standard InChI is InChI=1S/C15H21FN4/c1-12(14-5-3-4-6-15(14)16)19(2)9-13-10-20(8-7-17)11-18-13/h3-6,10-12H,7-9,17H2,1-2H3. The molecule has 0 saturated carbocycles. The van der Waals surface area contributed by atoms with E-state index >= 15 is 0 Å². The van der Waals surface area contributed by atoms with Gasteiger partial charge in [-0.05, 0) is 20.0 Å². The molecule has 0 bridgehead atoms. The van der Waals surface area contributed by atoms with E-state index < -0.39 is 0 Å². The van der Waals surface area contributed by atoms with E-state index in [1.807, 2.05) is 36.9 Å². The molecule has 0 aliphatic heterocycles. The highest BCUT2D eigenvalue weighted by atomic mass is 19.1.